The van der Waals surface area contributed by atoms with Crippen molar-refractivity contribution in [2.75, 3.05) is 11.9 Å². The van der Waals surface area contributed by atoms with E-state index >= 15 is 0 Å². The summed E-state index contributed by atoms with van der Waals surface area (Å²) in [6.45, 7) is 2.53. The molecule has 0 fully saturated rings. The minimum Gasteiger partial charge on any atom is -0.494 e. The van der Waals surface area contributed by atoms with E-state index in [9.17, 15) is 4.79 Å². The van der Waals surface area contributed by atoms with Crippen molar-refractivity contribution in [2.24, 2.45) is 0 Å². The molecule has 4 nitrogen and oxygen atoms in total. The van der Waals surface area contributed by atoms with E-state index in [1.165, 1.54) is 0 Å². The summed E-state index contributed by atoms with van der Waals surface area (Å²) < 4.78 is 5.42. The summed E-state index contributed by atoms with van der Waals surface area (Å²) in [7, 11) is 0. The van der Waals surface area contributed by atoms with Crippen molar-refractivity contribution in [3.8, 4) is 5.75 Å². The molecule has 106 valence electrons. The van der Waals surface area contributed by atoms with Crippen LogP contribution in [0.4, 0.5) is 5.69 Å². The first kappa shape index (κ1) is 13.2. The second-order valence-corrected chi connectivity index (χ2v) is 4.69. The van der Waals surface area contributed by atoms with Crippen LogP contribution in [0, 0.1) is 0 Å². The Bertz CT molecular complexity index is 777. The van der Waals surface area contributed by atoms with Gasteiger partial charge in [0, 0.05) is 29.0 Å². The molecule has 0 aliphatic rings. The van der Waals surface area contributed by atoms with Crippen molar-refractivity contribution >= 4 is 22.5 Å². The summed E-state index contributed by atoms with van der Waals surface area (Å²) in [5.74, 6) is 0.607. The molecule has 21 heavy (non-hydrogen) atoms. The third kappa shape index (κ3) is 2.89. The van der Waals surface area contributed by atoms with Gasteiger partial charge in [0.05, 0.1) is 6.61 Å². The summed E-state index contributed by atoms with van der Waals surface area (Å²) in [5.41, 5.74) is 2.29. The molecule has 0 spiro atoms. The number of H-pyrrole nitrogens is 1. The maximum Gasteiger partial charge on any atom is 0.255 e. The average Bonchev–Trinajstić information content (AvgIpc) is 2.95. The van der Waals surface area contributed by atoms with Crippen molar-refractivity contribution in [2.45, 2.75) is 6.92 Å². The van der Waals surface area contributed by atoms with Crippen LogP contribution in [0.3, 0.4) is 0 Å². The second kappa shape index (κ2) is 5.71. The molecule has 1 heterocycles. The molecule has 3 rings (SSSR count). The minimum atomic E-state index is -0.139. The highest BCUT2D eigenvalue weighted by Crippen LogP contribution is 2.19. The number of fused-ring (bicyclic) bond motifs is 1. The van der Waals surface area contributed by atoms with Crippen LogP contribution in [-0.4, -0.2) is 17.5 Å². The molecular weight excluding hydrogens is 264 g/mol. The van der Waals surface area contributed by atoms with Gasteiger partial charge in [-0.25, -0.2) is 0 Å². The van der Waals surface area contributed by atoms with Gasteiger partial charge in [-0.3, -0.25) is 4.79 Å². The smallest absolute Gasteiger partial charge is 0.255 e. The normalized spacial score (nSPS) is 10.5. The van der Waals surface area contributed by atoms with Crippen LogP contribution in [0.1, 0.15) is 17.3 Å². The fourth-order valence-electron chi connectivity index (χ4n) is 2.22. The number of hydrogen-bond donors (Lipinski definition) is 2. The van der Waals surface area contributed by atoms with E-state index in [0.717, 1.165) is 22.3 Å². The van der Waals surface area contributed by atoms with Crippen LogP contribution in [-0.2, 0) is 0 Å². The number of anilines is 1. The maximum atomic E-state index is 12.3. The van der Waals surface area contributed by atoms with Crippen LogP contribution in [0.2, 0.25) is 0 Å². The Morgan fingerprint density at radius 1 is 1.19 bits per heavy atom. The van der Waals surface area contributed by atoms with Gasteiger partial charge >= 0.3 is 0 Å². The molecule has 1 aromatic heterocycles. The Kier molecular flexibility index (Phi) is 3.60. The Balaban J connectivity index is 1.80. The molecule has 0 saturated heterocycles. The fourth-order valence-corrected chi connectivity index (χ4v) is 2.22. The standard InChI is InChI=1S/C17H16N2O2/c1-2-21-15-5-3-4-14(11-15)19-17(20)13-7-6-12-8-9-18-16(12)10-13/h3-11,18H,2H2,1H3,(H,19,20). The van der Waals surface area contributed by atoms with Gasteiger partial charge in [-0.15, -0.1) is 0 Å². The summed E-state index contributed by atoms with van der Waals surface area (Å²) in [6, 6.07) is 14.9. The number of amides is 1. The zero-order valence-electron chi connectivity index (χ0n) is 11.7. The van der Waals surface area contributed by atoms with E-state index in [-0.39, 0.29) is 5.91 Å². The molecule has 0 unspecified atom stereocenters. The van der Waals surface area contributed by atoms with Gasteiger partial charge in [-0.05, 0) is 42.6 Å². The molecule has 0 aliphatic carbocycles. The lowest BCUT2D eigenvalue weighted by Crippen LogP contribution is -2.11. The predicted octanol–water partition coefficient (Wildman–Crippen LogP) is 3.82. The molecule has 2 aromatic carbocycles. The SMILES string of the molecule is CCOc1cccc(NC(=O)c2ccc3cc[nH]c3c2)c1. The van der Waals surface area contributed by atoms with E-state index in [1.54, 1.807) is 0 Å². The molecule has 4 heteroatoms. The summed E-state index contributed by atoms with van der Waals surface area (Å²) in [5, 5.41) is 3.97. The van der Waals surface area contributed by atoms with Gasteiger partial charge in [-0.2, -0.15) is 0 Å². The maximum absolute atomic E-state index is 12.3. The van der Waals surface area contributed by atoms with Crippen molar-refractivity contribution in [3.05, 3.63) is 60.3 Å². The molecule has 0 saturated carbocycles. The number of carbonyl (C=O) groups excluding carboxylic acids is 1. The topological polar surface area (TPSA) is 54.1 Å². The van der Waals surface area contributed by atoms with Crippen molar-refractivity contribution in [1.29, 1.82) is 0 Å². The molecule has 3 aromatic rings. The highest BCUT2D eigenvalue weighted by molar-refractivity contribution is 6.06. The van der Waals surface area contributed by atoms with E-state index in [4.69, 9.17) is 4.74 Å². The van der Waals surface area contributed by atoms with E-state index < -0.39 is 0 Å². The average molecular weight is 280 g/mol. The van der Waals surface area contributed by atoms with Crippen molar-refractivity contribution < 1.29 is 9.53 Å². The zero-order chi connectivity index (χ0) is 14.7. The zero-order valence-corrected chi connectivity index (χ0v) is 11.7. The van der Waals surface area contributed by atoms with Gasteiger partial charge in [0.2, 0.25) is 0 Å². The molecule has 1 amide bonds. The predicted molar refractivity (Wildman–Crippen MR) is 83.9 cm³/mol. The first-order valence-corrected chi connectivity index (χ1v) is 6.87. The number of rotatable bonds is 4. The number of ether oxygens (including phenoxy) is 1. The van der Waals surface area contributed by atoms with Gasteiger partial charge in [0.25, 0.3) is 5.91 Å². The molecule has 0 radical (unpaired) electrons. The third-order valence-corrected chi connectivity index (χ3v) is 3.22. The quantitative estimate of drug-likeness (QED) is 0.763. The van der Waals surface area contributed by atoms with E-state index in [1.807, 2.05) is 61.7 Å². The number of benzene rings is 2. The lowest BCUT2D eigenvalue weighted by molar-refractivity contribution is 0.102. The van der Waals surface area contributed by atoms with Crippen LogP contribution < -0.4 is 10.1 Å². The molecule has 0 bridgehead atoms. The Labute approximate surface area is 122 Å². The highest BCUT2D eigenvalue weighted by Gasteiger charge is 2.08. The number of carbonyl (C=O) groups is 1. The number of hydrogen-bond acceptors (Lipinski definition) is 2. The second-order valence-electron chi connectivity index (χ2n) is 4.69. The molecule has 0 atom stereocenters. The van der Waals surface area contributed by atoms with Crippen LogP contribution in [0.5, 0.6) is 5.75 Å². The summed E-state index contributed by atoms with van der Waals surface area (Å²) in [6.07, 6.45) is 1.86. The fraction of sp³-hybridized carbons (Fsp3) is 0.118. The highest BCUT2D eigenvalue weighted by atomic mass is 16.5. The first-order chi connectivity index (χ1) is 10.3. The molecule has 2 N–H and O–H groups in total. The molecule has 0 aliphatic heterocycles. The largest absolute Gasteiger partial charge is 0.494 e. The Morgan fingerprint density at radius 2 is 2.10 bits per heavy atom. The first-order valence-electron chi connectivity index (χ1n) is 6.87. The van der Waals surface area contributed by atoms with Gasteiger partial charge in [0.1, 0.15) is 5.75 Å². The van der Waals surface area contributed by atoms with Crippen LogP contribution >= 0.6 is 0 Å². The van der Waals surface area contributed by atoms with Gasteiger partial charge in [-0.1, -0.05) is 12.1 Å². The number of aromatic nitrogens is 1. The monoisotopic (exact) mass is 280 g/mol. The number of nitrogens with one attached hydrogen (secondary N) is 2. The lowest BCUT2D eigenvalue weighted by atomic mass is 10.1. The van der Waals surface area contributed by atoms with Crippen LogP contribution in [0.25, 0.3) is 10.9 Å². The van der Waals surface area contributed by atoms with Crippen molar-refractivity contribution in [3.63, 3.8) is 0 Å². The van der Waals surface area contributed by atoms with Crippen molar-refractivity contribution in [1.82, 2.24) is 4.98 Å². The lowest BCUT2D eigenvalue weighted by Gasteiger charge is -2.08. The van der Waals surface area contributed by atoms with Gasteiger partial charge < -0.3 is 15.0 Å². The molecular formula is C17H16N2O2. The number of aromatic amines is 1. The summed E-state index contributed by atoms with van der Waals surface area (Å²) in [4.78, 5) is 15.4. The minimum absolute atomic E-state index is 0.139. The van der Waals surface area contributed by atoms with Crippen LogP contribution in [0.15, 0.2) is 54.7 Å². The Hall–Kier alpha value is -2.75. The third-order valence-electron chi connectivity index (χ3n) is 3.22. The summed E-state index contributed by atoms with van der Waals surface area (Å²) >= 11 is 0. The Morgan fingerprint density at radius 3 is 2.95 bits per heavy atom. The van der Waals surface area contributed by atoms with E-state index in [2.05, 4.69) is 10.3 Å². The van der Waals surface area contributed by atoms with Gasteiger partial charge in [0.15, 0.2) is 0 Å². The van der Waals surface area contributed by atoms with E-state index in [0.29, 0.717) is 12.2 Å².